The van der Waals surface area contributed by atoms with Gasteiger partial charge in [0.1, 0.15) is 4.34 Å². The van der Waals surface area contributed by atoms with Crippen molar-refractivity contribution in [3.05, 3.63) is 76.3 Å². The molecular formula is C19H17N3O2S2. The van der Waals surface area contributed by atoms with Gasteiger partial charge in [-0.25, -0.2) is 4.98 Å². The van der Waals surface area contributed by atoms with E-state index in [1.807, 2.05) is 24.4 Å². The molecule has 1 aromatic heterocycles. The number of carbonyl (C=O) groups is 2. The van der Waals surface area contributed by atoms with E-state index in [-0.39, 0.29) is 5.91 Å². The number of aryl methyl sites for hydroxylation is 1. The molecule has 0 bridgehead atoms. The average Bonchev–Trinajstić information content (AvgIpc) is 3.06. The van der Waals surface area contributed by atoms with Crippen molar-refractivity contribution in [1.29, 1.82) is 0 Å². The molecule has 132 valence electrons. The highest BCUT2D eigenvalue weighted by Gasteiger charge is 2.08. The maximum Gasteiger partial charge on any atom is 0.255 e. The van der Waals surface area contributed by atoms with Gasteiger partial charge in [0, 0.05) is 33.6 Å². The second-order valence-corrected chi connectivity index (χ2v) is 7.72. The summed E-state index contributed by atoms with van der Waals surface area (Å²) in [7, 11) is 0. The normalized spacial score (nSPS) is 10.5. The van der Waals surface area contributed by atoms with Gasteiger partial charge in [-0.05, 0) is 48.9 Å². The van der Waals surface area contributed by atoms with E-state index in [4.69, 9.17) is 5.73 Å². The molecule has 7 heteroatoms. The summed E-state index contributed by atoms with van der Waals surface area (Å²) in [5.41, 5.74) is 8.95. The molecule has 0 fully saturated rings. The van der Waals surface area contributed by atoms with E-state index < -0.39 is 5.91 Å². The van der Waals surface area contributed by atoms with E-state index in [9.17, 15) is 9.59 Å². The zero-order valence-corrected chi connectivity index (χ0v) is 15.7. The fourth-order valence-corrected chi connectivity index (χ4v) is 4.02. The molecule has 1 heterocycles. The van der Waals surface area contributed by atoms with Crippen LogP contribution in [0.4, 0.5) is 5.69 Å². The van der Waals surface area contributed by atoms with Crippen molar-refractivity contribution >= 4 is 40.6 Å². The number of nitrogens with one attached hydrogen (secondary N) is 1. The fourth-order valence-electron chi connectivity index (χ4n) is 2.22. The number of rotatable bonds is 6. The van der Waals surface area contributed by atoms with Crippen LogP contribution >= 0.6 is 23.1 Å². The first-order valence-corrected chi connectivity index (χ1v) is 9.73. The Kier molecular flexibility index (Phi) is 5.70. The molecular weight excluding hydrogens is 366 g/mol. The Morgan fingerprint density at radius 3 is 2.31 bits per heavy atom. The monoisotopic (exact) mass is 383 g/mol. The molecule has 0 unspecified atom stereocenters. The van der Waals surface area contributed by atoms with Crippen molar-refractivity contribution in [1.82, 2.24) is 4.98 Å². The number of amides is 2. The third kappa shape index (κ3) is 4.71. The number of primary amides is 1. The van der Waals surface area contributed by atoms with E-state index in [0.717, 1.165) is 21.3 Å². The molecule has 0 radical (unpaired) electrons. The molecule has 0 spiro atoms. The van der Waals surface area contributed by atoms with Gasteiger partial charge in [-0.1, -0.05) is 23.9 Å². The SMILES string of the molecule is Cc1csc(SCc2ccc(C(=O)Nc3ccc(C(N)=O)cc3)cc2)n1. The highest BCUT2D eigenvalue weighted by Crippen LogP contribution is 2.26. The van der Waals surface area contributed by atoms with Crippen LogP contribution in [0.3, 0.4) is 0 Å². The van der Waals surface area contributed by atoms with Gasteiger partial charge in [-0.15, -0.1) is 11.3 Å². The molecule has 3 N–H and O–H groups in total. The van der Waals surface area contributed by atoms with E-state index in [2.05, 4.69) is 10.3 Å². The van der Waals surface area contributed by atoms with Crippen molar-refractivity contribution in [3.63, 3.8) is 0 Å². The molecule has 0 atom stereocenters. The molecule has 0 saturated carbocycles. The van der Waals surface area contributed by atoms with Crippen molar-refractivity contribution < 1.29 is 9.59 Å². The fraction of sp³-hybridized carbons (Fsp3) is 0.105. The number of hydrogen-bond acceptors (Lipinski definition) is 5. The molecule has 5 nitrogen and oxygen atoms in total. The van der Waals surface area contributed by atoms with Gasteiger partial charge in [-0.2, -0.15) is 0 Å². The lowest BCUT2D eigenvalue weighted by Gasteiger charge is -2.07. The number of nitrogens with zero attached hydrogens (tertiary/aromatic N) is 1. The summed E-state index contributed by atoms with van der Waals surface area (Å²) in [6.07, 6.45) is 0. The molecule has 3 aromatic rings. The number of anilines is 1. The molecule has 2 amide bonds. The Morgan fingerprint density at radius 2 is 1.73 bits per heavy atom. The molecule has 2 aromatic carbocycles. The van der Waals surface area contributed by atoms with Crippen LogP contribution in [-0.4, -0.2) is 16.8 Å². The zero-order chi connectivity index (χ0) is 18.5. The van der Waals surface area contributed by atoms with Crippen LogP contribution in [0, 0.1) is 6.92 Å². The topological polar surface area (TPSA) is 85.1 Å². The van der Waals surface area contributed by atoms with Crippen LogP contribution in [0.15, 0.2) is 58.3 Å². The number of carbonyl (C=O) groups excluding carboxylic acids is 2. The second-order valence-electron chi connectivity index (χ2n) is 5.64. The lowest BCUT2D eigenvalue weighted by molar-refractivity contribution is 0.0998. The van der Waals surface area contributed by atoms with Gasteiger partial charge in [0.25, 0.3) is 5.91 Å². The van der Waals surface area contributed by atoms with Crippen LogP contribution in [0.25, 0.3) is 0 Å². The van der Waals surface area contributed by atoms with E-state index in [0.29, 0.717) is 16.8 Å². The summed E-state index contributed by atoms with van der Waals surface area (Å²) in [5, 5.41) is 4.83. The summed E-state index contributed by atoms with van der Waals surface area (Å²) in [6.45, 7) is 1.98. The summed E-state index contributed by atoms with van der Waals surface area (Å²) in [6, 6.07) is 14.0. The van der Waals surface area contributed by atoms with Crippen molar-refractivity contribution in [2.75, 3.05) is 5.32 Å². The maximum absolute atomic E-state index is 12.3. The number of thioether (sulfide) groups is 1. The standard InChI is InChI=1S/C19H17N3O2S2/c1-12-10-25-19(21-12)26-11-13-2-4-15(5-3-13)18(24)22-16-8-6-14(7-9-16)17(20)23/h2-10H,11H2,1H3,(H2,20,23)(H,22,24). The number of benzene rings is 2. The highest BCUT2D eigenvalue weighted by molar-refractivity contribution is 8.00. The number of aromatic nitrogens is 1. The Labute approximate surface area is 159 Å². The van der Waals surface area contributed by atoms with Crippen LogP contribution in [0.5, 0.6) is 0 Å². The van der Waals surface area contributed by atoms with Crippen LogP contribution < -0.4 is 11.1 Å². The van der Waals surface area contributed by atoms with Crippen molar-refractivity contribution in [2.45, 2.75) is 17.0 Å². The largest absolute Gasteiger partial charge is 0.366 e. The number of thiazole rings is 1. The summed E-state index contributed by atoms with van der Waals surface area (Å²) in [4.78, 5) is 27.8. The maximum atomic E-state index is 12.3. The predicted molar refractivity (Wildman–Crippen MR) is 106 cm³/mol. The summed E-state index contributed by atoms with van der Waals surface area (Å²) >= 11 is 3.32. The van der Waals surface area contributed by atoms with Gasteiger partial charge in [0.15, 0.2) is 0 Å². The van der Waals surface area contributed by atoms with Gasteiger partial charge in [0.05, 0.1) is 0 Å². The predicted octanol–water partition coefficient (Wildman–Crippen LogP) is 4.10. The summed E-state index contributed by atoms with van der Waals surface area (Å²) < 4.78 is 1.05. The lowest BCUT2D eigenvalue weighted by atomic mass is 10.1. The Hall–Kier alpha value is -2.64. The molecule has 0 aliphatic rings. The molecule has 0 aliphatic carbocycles. The summed E-state index contributed by atoms with van der Waals surface area (Å²) in [5.74, 6) is 0.111. The van der Waals surface area contributed by atoms with E-state index in [1.165, 1.54) is 0 Å². The Morgan fingerprint density at radius 1 is 1.08 bits per heavy atom. The van der Waals surface area contributed by atoms with Crippen LogP contribution in [-0.2, 0) is 5.75 Å². The molecule has 26 heavy (non-hydrogen) atoms. The van der Waals surface area contributed by atoms with Gasteiger partial charge < -0.3 is 11.1 Å². The minimum absolute atomic E-state index is 0.202. The van der Waals surface area contributed by atoms with Gasteiger partial charge in [0.2, 0.25) is 5.91 Å². The van der Waals surface area contributed by atoms with E-state index >= 15 is 0 Å². The van der Waals surface area contributed by atoms with Gasteiger partial charge in [-0.3, -0.25) is 9.59 Å². The average molecular weight is 383 g/mol. The van der Waals surface area contributed by atoms with E-state index in [1.54, 1.807) is 59.5 Å². The quantitative estimate of drug-likeness (QED) is 0.628. The highest BCUT2D eigenvalue weighted by atomic mass is 32.2. The second kappa shape index (κ2) is 8.16. The third-order valence-corrected chi connectivity index (χ3v) is 5.81. The number of hydrogen-bond donors (Lipinski definition) is 2. The first-order chi connectivity index (χ1) is 12.5. The smallest absolute Gasteiger partial charge is 0.255 e. The van der Waals surface area contributed by atoms with Crippen LogP contribution in [0.2, 0.25) is 0 Å². The third-order valence-electron chi connectivity index (χ3n) is 3.60. The Bertz CT molecular complexity index is 919. The molecule has 3 rings (SSSR count). The van der Waals surface area contributed by atoms with Gasteiger partial charge >= 0.3 is 0 Å². The zero-order valence-electron chi connectivity index (χ0n) is 14.1. The van der Waals surface area contributed by atoms with Crippen LogP contribution in [0.1, 0.15) is 32.0 Å². The first kappa shape index (κ1) is 18.2. The minimum atomic E-state index is -0.496. The van der Waals surface area contributed by atoms with Crippen molar-refractivity contribution in [2.24, 2.45) is 5.73 Å². The Balaban J connectivity index is 1.58. The minimum Gasteiger partial charge on any atom is -0.366 e. The lowest BCUT2D eigenvalue weighted by Crippen LogP contribution is -2.13. The molecule has 0 saturated heterocycles. The first-order valence-electron chi connectivity index (χ1n) is 7.86. The molecule has 0 aliphatic heterocycles. The number of nitrogens with two attached hydrogens (primary N) is 1. The van der Waals surface area contributed by atoms with Crippen molar-refractivity contribution in [3.8, 4) is 0 Å².